The number of hydrogen-bond donors (Lipinski definition) is 2. The predicted octanol–water partition coefficient (Wildman–Crippen LogP) is 3.27. The summed E-state index contributed by atoms with van der Waals surface area (Å²) >= 11 is 6.11. The van der Waals surface area contributed by atoms with Crippen LogP contribution >= 0.6 is 11.6 Å². The van der Waals surface area contributed by atoms with Crippen LogP contribution in [0.15, 0.2) is 41.2 Å². The summed E-state index contributed by atoms with van der Waals surface area (Å²) in [7, 11) is 1.99. The summed E-state index contributed by atoms with van der Waals surface area (Å²) in [5.74, 6) is -1.07. The standard InChI is InChI=1S/C27H29ClFN5O3/c1-16-20-4-3-19(28)11-17(20)5-6-34(16)25(35)15-30-23-12-18-13-24(31-26(36)21(18)14-22(23)29)27(37)33-9-7-32(2)8-10-33/h3-4,11-14,16,30H,5-10,15H2,1-2H3,(H,31,36)/t16-/m0/s1. The molecule has 1 fully saturated rings. The van der Waals surface area contributed by atoms with Gasteiger partial charge in [-0.1, -0.05) is 17.7 Å². The summed E-state index contributed by atoms with van der Waals surface area (Å²) in [5.41, 5.74) is 1.91. The summed E-state index contributed by atoms with van der Waals surface area (Å²) in [6, 6.07) is 9.74. The molecule has 0 spiro atoms. The van der Waals surface area contributed by atoms with E-state index in [1.165, 1.54) is 6.07 Å². The van der Waals surface area contributed by atoms with Crippen molar-refractivity contribution in [2.75, 3.05) is 51.6 Å². The minimum Gasteiger partial charge on any atom is -0.374 e. The summed E-state index contributed by atoms with van der Waals surface area (Å²) in [5, 5.41) is 4.13. The average Bonchev–Trinajstić information content (AvgIpc) is 2.88. The molecule has 0 saturated carbocycles. The molecule has 3 heterocycles. The van der Waals surface area contributed by atoms with Gasteiger partial charge in [0, 0.05) is 37.7 Å². The number of piperazine rings is 1. The Kier molecular flexibility index (Phi) is 6.92. The van der Waals surface area contributed by atoms with Crippen molar-refractivity contribution in [2.45, 2.75) is 19.4 Å². The van der Waals surface area contributed by atoms with Crippen LogP contribution in [0.5, 0.6) is 0 Å². The third-order valence-corrected chi connectivity index (χ3v) is 7.58. The first-order chi connectivity index (χ1) is 17.7. The number of aromatic amines is 1. The van der Waals surface area contributed by atoms with E-state index in [9.17, 15) is 18.8 Å². The van der Waals surface area contributed by atoms with Crippen LogP contribution in [0.3, 0.4) is 0 Å². The van der Waals surface area contributed by atoms with Crippen LogP contribution in [-0.4, -0.2) is 77.8 Å². The van der Waals surface area contributed by atoms with Gasteiger partial charge in [0.05, 0.1) is 23.7 Å². The Balaban J connectivity index is 1.33. The molecule has 1 saturated heterocycles. The third-order valence-electron chi connectivity index (χ3n) is 7.35. The normalized spacial score (nSPS) is 18.1. The van der Waals surface area contributed by atoms with E-state index >= 15 is 0 Å². The fourth-order valence-corrected chi connectivity index (χ4v) is 5.33. The smallest absolute Gasteiger partial charge is 0.270 e. The van der Waals surface area contributed by atoms with Gasteiger partial charge in [-0.25, -0.2) is 4.39 Å². The second kappa shape index (κ2) is 10.1. The highest BCUT2D eigenvalue weighted by Crippen LogP contribution is 2.31. The number of aromatic nitrogens is 1. The maximum atomic E-state index is 14.9. The van der Waals surface area contributed by atoms with Crippen molar-refractivity contribution in [1.29, 1.82) is 0 Å². The molecule has 0 radical (unpaired) electrons. The Labute approximate surface area is 219 Å². The summed E-state index contributed by atoms with van der Waals surface area (Å²) in [4.78, 5) is 46.8. The zero-order valence-electron chi connectivity index (χ0n) is 20.8. The van der Waals surface area contributed by atoms with Crippen molar-refractivity contribution < 1.29 is 14.0 Å². The zero-order chi connectivity index (χ0) is 26.3. The Morgan fingerprint density at radius 3 is 2.62 bits per heavy atom. The van der Waals surface area contributed by atoms with Gasteiger partial charge in [0.15, 0.2) is 0 Å². The van der Waals surface area contributed by atoms with Gasteiger partial charge in [-0.2, -0.15) is 0 Å². The molecule has 0 bridgehead atoms. The summed E-state index contributed by atoms with van der Waals surface area (Å²) in [6.45, 7) is 5.05. The Hall–Kier alpha value is -3.43. The van der Waals surface area contributed by atoms with Crippen LogP contribution in [-0.2, 0) is 11.2 Å². The first-order valence-corrected chi connectivity index (χ1v) is 12.7. The molecule has 5 rings (SSSR count). The van der Waals surface area contributed by atoms with Crippen LogP contribution in [0.2, 0.25) is 5.02 Å². The molecule has 1 aromatic heterocycles. The second-order valence-corrected chi connectivity index (χ2v) is 10.2. The fraction of sp³-hybridized carbons (Fsp3) is 0.370. The SMILES string of the molecule is C[C@H]1c2ccc(Cl)cc2CCN1C(=O)CNc1cc2cc(C(=O)N3CCN(C)CC3)[nH]c(=O)c2cc1F. The van der Waals surface area contributed by atoms with Gasteiger partial charge >= 0.3 is 0 Å². The van der Waals surface area contributed by atoms with E-state index in [0.29, 0.717) is 36.5 Å². The lowest BCUT2D eigenvalue weighted by Gasteiger charge is -2.35. The highest BCUT2D eigenvalue weighted by molar-refractivity contribution is 6.30. The van der Waals surface area contributed by atoms with E-state index in [1.807, 2.05) is 32.2 Å². The summed E-state index contributed by atoms with van der Waals surface area (Å²) < 4.78 is 14.9. The van der Waals surface area contributed by atoms with E-state index < -0.39 is 11.4 Å². The Morgan fingerprint density at radius 2 is 1.86 bits per heavy atom. The lowest BCUT2D eigenvalue weighted by Crippen LogP contribution is -2.47. The van der Waals surface area contributed by atoms with Crippen LogP contribution in [0, 0.1) is 5.82 Å². The van der Waals surface area contributed by atoms with Crippen molar-refractivity contribution in [2.24, 2.45) is 0 Å². The summed E-state index contributed by atoms with van der Waals surface area (Å²) in [6.07, 6.45) is 0.698. The number of benzene rings is 2. The fourth-order valence-electron chi connectivity index (χ4n) is 5.13. The molecule has 2 N–H and O–H groups in total. The number of carbonyl (C=O) groups is 2. The maximum absolute atomic E-state index is 14.9. The number of rotatable bonds is 4. The highest BCUT2D eigenvalue weighted by atomic mass is 35.5. The molecular formula is C27H29ClFN5O3. The molecule has 2 aliphatic rings. The monoisotopic (exact) mass is 525 g/mol. The number of nitrogens with zero attached hydrogens (tertiary/aromatic N) is 3. The molecule has 8 nitrogen and oxygen atoms in total. The minimum absolute atomic E-state index is 0.0984. The molecule has 2 amide bonds. The third kappa shape index (κ3) is 5.06. The van der Waals surface area contributed by atoms with E-state index in [0.717, 1.165) is 30.3 Å². The van der Waals surface area contributed by atoms with Crippen molar-refractivity contribution in [3.8, 4) is 0 Å². The number of pyridine rings is 1. The second-order valence-electron chi connectivity index (χ2n) is 9.74. The lowest BCUT2D eigenvalue weighted by atomic mass is 9.93. The molecule has 2 aliphatic heterocycles. The minimum atomic E-state index is -0.643. The Morgan fingerprint density at radius 1 is 1.11 bits per heavy atom. The highest BCUT2D eigenvalue weighted by Gasteiger charge is 2.28. The molecular weight excluding hydrogens is 497 g/mol. The first-order valence-electron chi connectivity index (χ1n) is 12.4. The number of likely N-dealkylation sites (N-methyl/N-ethyl adjacent to an activating group) is 1. The number of carbonyl (C=O) groups excluding carboxylic acids is 2. The molecule has 0 aliphatic carbocycles. The molecule has 1 atom stereocenters. The van der Waals surface area contributed by atoms with E-state index in [1.54, 1.807) is 15.9 Å². The van der Waals surface area contributed by atoms with Gasteiger partial charge in [-0.3, -0.25) is 14.4 Å². The average molecular weight is 526 g/mol. The van der Waals surface area contributed by atoms with Crippen molar-refractivity contribution >= 4 is 39.9 Å². The van der Waals surface area contributed by atoms with Crippen LogP contribution in [0.4, 0.5) is 10.1 Å². The number of nitrogens with one attached hydrogen (secondary N) is 2. The zero-order valence-corrected chi connectivity index (χ0v) is 21.6. The lowest BCUT2D eigenvalue weighted by molar-refractivity contribution is -0.131. The van der Waals surface area contributed by atoms with Gasteiger partial charge in [0.1, 0.15) is 11.5 Å². The molecule has 10 heteroatoms. The number of hydrogen-bond acceptors (Lipinski definition) is 5. The van der Waals surface area contributed by atoms with Gasteiger partial charge in [-0.05, 0) is 67.2 Å². The quantitative estimate of drug-likeness (QED) is 0.546. The van der Waals surface area contributed by atoms with E-state index in [-0.39, 0.29) is 41.2 Å². The van der Waals surface area contributed by atoms with Crippen molar-refractivity contribution in [1.82, 2.24) is 19.7 Å². The van der Waals surface area contributed by atoms with E-state index in [2.05, 4.69) is 15.2 Å². The first kappa shape index (κ1) is 25.2. The number of H-pyrrole nitrogens is 1. The van der Waals surface area contributed by atoms with Gasteiger partial charge in [0.2, 0.25) is 5.91 Å². The van der Waals surface area contributed by atoms with Gasteiger partial charge < -0.3 is 25.0 Å². The number of halogens is 2. The maximum Gasteiger partial charge on any atom is 0.270 e. The molecule has 2 aromatic carbocycles. The van der Waals surface area contributed by atoms with Gasteiger partial charge in [-0.15, -0.1) is 0 Å². The number of anilines is 1. The van der Waals surface area contributed by atoms with Crippen LogP contribution in [0.1, 0.15) is 34.6 Å². The van der Waals surface area contributed by atoms with Crippen LogP contribution < -0.4 is 10.9 Å². The van der Waals surface area contributed by atoms with Gasteiger partial charge in [0.25, 0.3) is 11.5 Å². The molecule has 0 unspecified atom stereocenters. The van der Waals surface area contributed by atoms with Crippen molar-refractivity contribution in [3.05, 3.63) is 74.4 Å². The van der Waals surface area contributed by atoms with E-state index in [4.69, 9.17) is 11.6 Å². The Bertz CT molecular complexity index is 1430. The van der Waals surface area contributed by atoms with Crippen molar-refractivity contribution in [3.63, 3.8) is 0 Å². The molecule has 3 aromatic rings. The van der Waals surface area contributed by atoms with Crippen LogP contribution in [0.25, 0.3) is 10.8 Å². The predicted molar refractivity (Wildman–Crippen MR) is 142 cm³/mol. The largest absolute Gasteiger partial charge is 0.374 e. The molecule has 194 valence electrons. The molecule has 37 heavy (non-hydrogen) atoms. The number of fused-ring (bicyclic) bond motifs is 2. The number of amides is 2. The topological polar surface area (TPSA) is 88.8 Å².